The number of furan rings is 1. The van der Waals surface area contributed by atoms with Crippen LogP contribution in [0.3, 0.4) is 0 Å². The Bertz CT molecular complexity index is 3630. The van der Waals surface area contributed by atoms with E-state index in [4.69, 9.17) is 4.42 Å². The lowest BCUT2D eigenvalue weighted by atomic mass is 9.93. The van der Waals surface area contributed by atoms with Gasteiger partial charge in [0.1, 0.15) is 11.2 Å². The van der Waals surface area contributed by atoms with Crippen molar-refractivity contribution in [1.82, 2.24) is 0 Å². The summed E-state index contributed by atoms with van der Waals surface area (Å²) >= 11 is 0. The Morgan fingerprint density at radius 1 is 0.290 bits per heavy atom. The molecule has 0 atom stereocenters. The molecule has 0 aliphatic heterocycles. The predicted octanol–water partition coefficient (Wildman–Crippen LogP) is 17.2. The van der Waals surface area contributed by atoms with E-state index in [2.05, 4.69) is 241 Å². The molecule has 0 N–H and O–H groups in total. The van der Waals surface area contributed by atoms with Gasteiger partial charge in [-0.05, 0) is 126 Å². The Morgan fingerprint density at radius 3 is 1.71 bits per heavy atom. The molecular formula is C60H39NO. The molecule has 1 aromatic heterocycles. The second kappa shape index (κ2) is 14.8. The molecule has 11 aromatic carbocycles. The summed E-state index contributed by atoms with van der Waals surface area (Å²) in [6.45, 7) is 0. The van der Waals surface area contributed by atoms with E-state index >= 15 is 0 Å². The van der Waals surface area contributed by atoms with Crippen LogP contribution in [0.4, 0.5) is 17.1 Å². The van der Waals surface area contributed by atoms with E-state index in [9.17, 15) is 0 Å². The molecule has 2 nitrogen and oxygen atoms in total. The summed E-state index contributed by atoms with van der Waals surface area (Å²) < 4.78 is 6.93. The number of fused-ring (bicyclic) bond motifs is 7. The molecule has 0 radical (unpaired) electrons. The number of benzene rings is 11. The van der Waals surface area contributed by atoms with Crippen LogP contribution in [0, 0.1) is 0 Å². The van der Waals surface area contributed by atoms with E-state index in [0.29, 0.717) is 0 Å². The van der Waals surface area contributed by atoms with E-state index in [1.54, 1.807) is 0 Å². The fourth-order valence-corrected chi connectivity index (χ4v) is 9.51. The van der Waals surface area contributed by atoms with Crippen LogP contribution < -0.4 is 4.90 Å². The van der Waals surface area contributed by atoms with E-state index in [1.807, 2.05) is 0 Å². The number of hydrogen-bond donors (Lipinski definition) is 0. The van der Waals surface area contributed by atoms with Crippen LogP contribution >= 0.6 is 0 Å². The molecule has 0 saturated heterocycles. The highest BCUT2D eigenvalue weighted by molar-refractivity contribution is 6.19. The van der Waals surface area contributed by atoms with Crippen molar-refractivity contribution >= 4 is 71.3 Å². The lowest BCUT2D eigenvalue weighted by molar-refractivity contribution is 0.670. The summed E-state index contributed by atoms with van der Waals surface area (Å²) in [6, 6.07) is 85.4. The lowest BCUT2D eigenvalue weighted by Gasteiger charge is -2.27. The Kier molecular flexibility index (Phi) is 8.53. The zero-order chi connectivity index (χ0) is 41.0. The standard InChI is InChI=1S/C60H39NO/c1-2-15-40(16-3-1)43-20-12-21-44(37-43)41-31-33-47(34-32-41)61(48-23-13-22-45(38-48)56-39-46-18-5-7-25-50(46)51-26-8-9-27-53(51)56)57-36-35-54(52-29-14-19-42-17-4-6-24-49(42)52)60-59(57)55-28-10-11-30-58(55)62-60/h1-39H. The third-order valence-corrected chi connectivity index (χ3v) is 12.4. The Labute approximate surface area is 360 Å². The van der Waals surface area contributed by atoms with Crippen molar-refractivity contribution in [3.63, 3.8) is 0 Å². The molecule has 0 unspecified atom stereocenters. The Morgan fingerprint density at radius 2 is 0.887 bits per heavy atom. The van der Waals surface area contributed by atoms with Gasteiger partial charge in [-0.3, -0.25) is 0 Å². The van der Waals surface area contributed by atoms with E-state index in [0.717, 1.165) is 61.3 Å². The quantitative estimate of drug-likeness (QED) is 0.150. The van der Waals surface area contributed by atoms with Gasteiger partial charge >= 0.3 is 0 Å². The average Bonchev–Trinajstić information content (AvgIpc) is 3.75. The first-order valence-corrected chi connectivity index (χ1v) is 21.2. The van der Waals surface area contributed by atoms with Crippen molar-refractivity contribution in [3.8, 4) is 44.5 Å². The van der Waals surface area contributed by atoms with Gasteiger partial charge in [0.05, 0.1) is 11.1 Å². The van der Waals surface area contributed by atoms with Crippen LogP contribution in [-0.4, -0.2) is 0 Å². The van der Waals surface area contributed by atoms with Crippen molar-refractivity contribution in [2.24, 2.45) is 0 Å². The van der Waals surface area contributed by atoms with Gasteiger partial charge in [-0.1, -0.05) is 182 Å². The topological polar surface area (TPSA) is 16.4 Å². The molecule has 0 aliphatic rings. The van der Waals surface area contributed by atoms with Crippen molar-refractivity contribution in [1.29, 1.82) is 0 Å². The van der Waals surface area contributed by atoms with Gasteiger partial charge < -0.3 is 9.32 Å². The molecule has 290 valence electrons. The van der Waals surface area contributed by atoms with Crippen molar-refractivity contribution < 1.29 is 4.42 Å². The number of rotatable bonds is 7. The van der Waals surface area contributed by atoms with E-state index in [-0.39, 0.29) is 0 Å². The molecule has 62 heavy (non-hydrogen) atoms. The van der Waals surface area contributed by atoms with Crippen molar-refractivity contribution in [3.05, 3.63) is 237 Å². The highest BCUT2D eigenvalue weighted by Crippen LogP contribution is 2.48. The SMILES string of the molecule is c1ccc(-c2cccc(-c3ccc(N(c4cccc(-c5cc6ccccc6c6ccccc56)c4)c4ccc(-c5cccc6ccccc56)c5oc6ccccc6c45)cc3)c2)cc1. The number of nitrogens with zero attached hydrogens (tertiary/aromatic N) is 1. The molecule has 0 amide bonds. The summed E-state index contributed by atoms with van der Waals surface area (Å²) in [5.41, 5.74) is 14.2. The Hall–Kier alpha value is -8.20. The van der Waals surface area contributed by atoms with Crippen LogP contribution in [-0.2, 0) is 0 Å². The maximum atomic E-state index is 6.93. The first kappa shape index (κ1) is 35.7. The van der Waals surface area contributed by atoms with Crippen molar-refractivity contribution in [2.45, 2.75) is 0 Å². The molecule has 0 spiro atoms. The summed E-state index contributed by atoms with van der Waals surface area (Å²) in [4.78, 5) is 2.41. The molecule has 2 heteroatoms. The fraction of sp³-hybridized carbons (Fsp3) is 0. The second-order valence-corrected chi connectivity index (χ2v) is 16.0. The largest absolute Gasteiger partial charge is 0.455 e. The molecule has 0 saturated carbocycles. The molecule has 0 fully saturated rings. The first-order valence-electron chi connectivity index (χ1n) is 21.2. The lowest BCUT2D eigenvalue weighted by Crippen LogP contribution is -2.10. The monoisotopic (exact) mass is 789 g/mol. The van der Waals surface area contributed by atoms with Gasteiger partial charge in [0.15, 0.2) is 0 Å². The first-order chi connectivity index (χ1) is 30.7. The van der Waals surface area contributed by atoms with Gasteiger partial charge in [-0.15, -0.1) is 0 Å². The maximum absolute atomic E-state index is 6.93. The number of hydrogen-bond acceptors (Lipinski definition) is 2. The normalized spacial score (nSPS) is 11.5. The second-order valence-electron chi connectivity index (χ2n) is 16.0. The molecular weight excluding hydrogens is 751 g/mol. The van der Waals surface area contributed by atoms with Gasteiger partial charge in [0, 0.05) is 22.3 Å². The van der Waals surface area contributed by atoms with Crippen LogP contribution in [0.25, 0.3) is 98.8 Å². The summed E-state index contributed by atoms with van der Waals surface area (Å²) in [7, 11) is 0. The average molecular weight is 790 g/mol. The van der Waals surface area contributed by atoms with Crippen molar-refractivity contribution in [2.75, 3.05) is 4.90 Å². The molecule has 1 heterocycles. The minimum Gasteiger partial charge on any atom is -0.455 e. The third-order valence-electron chi connectivity index (χ3n) is 12.4. The van der Waals surface area contributed by atoms with E-state index < -0.39 is 0 Å². The van der Waals surface area contributed by atoms with Crippen LogP contribution in [0.15, 0.2) is 241 Å². The zero-order valence-corrected chi connectivity index (χ0v) is 33.9. The molecule has 0 aliphatic carbocycles. The third kappa shape index (κ3) is 6.04. The van der Waals surface area contributed by atoms with Gasteiger partial charge in [0.25, 0.3) is 0 Å². The smallest absolute Gasteiger partial charge is 0.145 e. The summed E-state index contributed by atoms with van der Waals surface area (Å²) in [5, 5.41) is 9.54. The summed E-state index contributed by atoms with van der Waals surface area (Å²) in [6.07, 6.45) is 0. The number of para-hydroxylation sites is 1. The highest BCUT2D eigenvalue weighted by atomic mass is 16.3. The number of anilines is 3. The van der Waals surface area contributed by atoms with Gasteiger partial charge in [0.2, 0.25) is 0 Å². The highest BCUT2D eigenvalue weighted by Gasteiger charge is 2.23. The van der Waals surface area contributed by atoms with E-state index in [1.165, 1.54) is 54.6 Å². The minimum absolute atomic E-state index is 0.862. The zero-order valence-electron chi connectivity index (χ0n) is 33.9. The van der Waals surface area contributed by atoms with Crippen LogP contribution in [0.5, 0.6) is 0 Å². The van der Waals surface area contributed by atoms with Gasteiger partial charge in [-0.2, -0.15) is 0 Å². The van der Waals surface area contributed by atoms with Crippen LogP contribution in [0.1, 0.15) is 0 Å². The van der Waals surface area contributed by atoms with Crippen LogP contribution in [0.2, 0.25) is 0 Å². The fourth-order valence-electron chi connectivity index (χ4n) is 9.51. The summed E-state index contributed by atoms with van der Waals surface area (Å²) in [5.74, 6) is 0. The maximum Gasteiger partial charge on any atom is 0.145 e. The minimum atomic E-state index is 0.862. The van der Waals surface area contributed by atoms with Gasteiger partial charge in [-0.25, -0.2) is 0 Å². The molecule has 0 bridgehead atoms. The predicted molar refractivity (Wildman–Crippen MR) is 263 cm³/mol. The molecule has 12 aromatic rings. The Balaban J connectivity index is 1.08. The molecule has 12 rings (SSSR count).